The van der Waals surface area contributed by atoms with Crippen molar-refractivity contribution < 1.29 is 23.5 Å². The van der Waals surface area contributed by atoms with Gasteiger partial charge in [-0.1, -0.05) is 26.0 Å². The third-order valence-corrected chi connectivity index (χ3v) is 10.1. The zero-order chi connectivity index (χ0) is 33.2. The fraction of sp³-hybridized carbons (Fsp3) is 0.529. The minimum absolute atomic E-state index is 0.0454. The predicted molar refractivity (Wildman–Crippen MR) is 175 cm³/mol. The monoisotopic (exact) mass is 652 g/mol. The Kier molecular flexibility index (Phi) is 10.2. The SMILES string of the molecule is CC(C)/C=C(\C#N)C(=O)N1CCC[C@H]1Cn1c(NC(=O)c2ccc(C(F)F)s2)nc2cc(CN3CCC(C(C)(C)O)CC3)ccc21. The molecule has 2 saturated heterocycles. The summed E-state index contributed by atoms with van der Waals surface area (Å²) in [6.07, 6.45) is 2.36. The van der Waals surface area contributed by atoms with E-state index in [4.69, 9.17) is 4.98 Å². The van der Waals surface area contributed by atoms with Gasteiger partial charge in [0.1, 0.15) is 11.6 Å². The predicted octanol–water partition coefficient (Wildman–Crippen LogP) is 6.37. The van der Waals surface area contributed by atoms with Crippen molar-refractivity contribution in [3.63, 3.8) is 0 Å². The van der Waals surface area contributed by atoms with Crippen LogP contribution in [-0.2, 0) is 17.9 Å². The molecule has 0 spiro atoms. The van der Waals surface area contributed by atoms with Gasteiger partial charge < -0.3 is 14.6 Å². The molecule has 5 rings (SSSR count). The molecule has 0 aliphatic carbocycles. The molecule has 4 heterocycles. The van der Waals surface area contributed by atoms with Crippen molar-refractivity contribution >= 4 is 40.1 Å². The molecule has 246 valence electrons. The number of nitrogens with one attached hydrogen (secondary N) is 1. The van der Waals surface area contributed by atoms with E-state index >= 15 is 0 Å². The molecule has 0 radical (unpaired) electrons. The van der Waals surface area contributed by atoms with Crippen LogP contribution >= 0.6 is 11.3 Å². The highest BCUT2D eigenvalue weighted by molar-refractivity contribution is 7.14. The van der Waals surface area contributed by atoms with Gasteiger partial charge in [-0.05, 0) is 94.3 Å². The molecule has 2 aromatic heterocycles. The molecule has 2 fully saturated rings. The third kappa shape index (κ3) is 7.65. The first kappa shape index (κ1) is 33.7. The summed E-state index contributed by atoms with van der Waals surface area (Å²) in [5.74, 6) is -0.256. The molecule has 0 bridgehead atoms. The lowest BCUT2D eigenvalue weighted by molar-refractivity contribution is -0.127. The number of hydrogen-bond donors (Lipinski definition) is 2. The molecule has 0 unspecified atom stereocenters. The van der Waals surface area contributed by atoms with Crippen LogP contribution in [0.3, 0.4) is 0 Å². The number of fused-ring (bicyclic) bond motifs is 1. The summed E-state index contributed by atoms with van der Waals surface area (Å²) in [7, 11) is 0. The second kappa shape index (κ2) is 14.0. The van der Waals surface area contributed by atoms with Gasteiger partial charge in [0.25, 0.3) is 18.2 Å². The lowest BCUT2D eigenvalue weighted by atomic mass is 9.83. The van der Waals surface area contributed by atoms with Gasteiger partial charge in [-0.15, -0.1) is 11.3 Å². The highest BCUT2D eigenvalue weighted by Gasteiger charge is 2.33. The second-order valence-corrected chi connectivity index (χ2v) is 14.4. The number of allylic oxidation sites excluding steroid dienone is 1. The Balaban J connectivity index is 1.42. The lowest BCUT2D eigenvalue weighted by Gasteiger charge is -2.37. The van der Waals surface area contributed by atoms with E-state index in [1.807, 2.05) is 50.5 Å². The van der Waals surface area contributed by atoms with Crippen molar-refractivity contribution in [2.24, 2.45) is 11.8 Å². The zero-order valence-corrected chi connectivity index (χ0v) is 27.6. The molecule has 0 saturated carbocycles. The summed E-state index contributed by atoms with van der Waals surface area (Å²) in [6, 6.07) is 10.5. The molecule has 1 aromatic carbocycles. The molecule has 2 aliphatic heterocycles. The van der Waals surface area contributed by atoms with Crippen LogP contribution in [0.25, 0.3) is 11.0 Å². The van der Waals surface area contributed by atoms with Gasteiger partial charge in [0.05, 0.1) is 32.4 Å². The number of rotatable bonds is 10. The van der Waals surface area contributed by atoms with Crippen LogP contribution in [0.1, 0.15) is 79.9 Å². The van der Waals surface area contributed by atoms with Crippen LogP contribution in [-0.4, -0.2) is 67.5 Å². The maximum absolute atomic E-state index is 13.4. The Hall–Kier alpha value is -3.66. The van der Waals surface area contributed by atoms with E-state index < -0.39 is 17.9 Å². The summed E-state index contributed by atoms with van der Waals surface area (Å²) in [5.41, 5.74) is 1.94. The van der Waals surface area contributed by atoms with Crippen LogP contribution in [0.2, 0.25) is 0 Å². The number of aromatic nitrogens is 2. The van der Waals surface area contributed by atoms with E-state index in [0.717, 1.165) is 67.7 Å². The fourth-order valence-electron chi connectivity index (χ4n) is 6.51. The van der Waals surface area contributed by atoms with Crippen LogP contribution in [0, 0.1) is 23.2 Å². The Morgan fingerprint density at radius 1 is 1.17 bits per heavy atom. The largest absolute Gasteiger partial charge is 0.390 e. The first-order valence-corrected chi connectivity index (χ1v) is 16.7. The van der Waals surface area contributed by atoms with E-state index in [1.54, 1.807) is 11.0 Å². The first-order chi connectivity index (χ1) is 21.8. The van der Waals surface area contributed by atoms with Gasteiger partial charge in [-0.2, -0.15) is 5.26 Å². The fourth-order valence-corrected chi connectivity index (χ4v) is 7.27. The number of benzene rings is 1. The number of aliphatic hydroxyl groups is 1. The number of amides is 2. The Labute approximate surface area is 272 Å². The number of hydrogen-bond acceptors (Lipinski definition) is 7. The standard InChI is InChI=1S/C34H42F2N6O3S/c1-21(2)16-23(18-37)32(44)41-13-5-6-25(41)20-42-27-8-7-22(19-40-14-11-24(12-15-40)34(3,4)45)17-26(27)38-33(42)39-31(43)29-10-9-28(46-29)30(35)36/h7-10,16-17,21,24-25,30,45H,5-6,11-15,19-20H2,1-4H3,(H,38,39,43)/b23-16+/t25-/m0/s1. The average Bonchev–Trinajstić information content (AvgIpc) is 3.75. The summed E-state index contributed by atoms with van der Waals surface area (Å²) in [4.78, 5) is 35.5. The summed E-state index contributed by atoms with van der Waals surface area (Å²) >= 11 is 0.742. The molecule has 3 aromatic rings. The van der Waals surface area contributed by atoms with Crippen LogP contribution in [0.15, 0.2) is 42.0 Å². The van der Waals surface area contributed by atoms with E-state index in [0.29, 0.717) is 18.6 Å². The third-order valence-electron chi connectivity index (χ3n) is 8.98. The summed E-state index contributed by atoms with van der Waals surface area (Å²) < 4.78 is 28.3. The molecule has 2 amide bonds. The molecule has 46 heavy (non-hydrogen) atoms. The minimum Gasteiger partial charge on any atom is -0.390 e. The lowest BCUT2D eigenvalue weighted by Crippen LogP contribution is -2.41. The summed E-state index contributed by atoms with van der Waals surface area (Å²) in [5, 5.41) is 22.9. The number of halogens is 2. The van der Waals surface area contributed by atoms with E-state index in [2.05, 4.69) is 16.3 Å². The highest BCUT2D eigenvalue weighted by Crippen LogP contribution is 2.31. The van der Waals surface area contributed by atoms with Crippen molar-refractivity contribution in [2.45, 2.75) is 84.5 Å². The number of piperidine rings is 1. The molecular weight excluding hydrogens is 610 g/mol. The van der Waals surface area contributed by atoms with Gasteiger partial charge in [0, 0.05) is 19.6 Å². The number of carbonyl (C=O) groups excluding carboxylic acids is 2. The molecule has 9 nitrogen and oxygen atoms in total. The van der Waals surface area contributed by atoms with Gasteiger partial charge >= 0.3 is 0 Å². The number of thiophene rings is 1. The quantitative estimate of drug-likeness (QED) is 0.194. The number of nitrogens with zero attached hydrogens (tertiary/aromatic N) is 5. The zero-order valence-electron chi connectivity index (χ0n) is 26.8. The molecule has 2 aliphatic rings. The van der Waals surface area contributed by atoms with Crippen molar-refractivity contribution in [2.75, 3.05) is 25.0 Å². The number of carbonyl (C=O) groups is 2. The Morgan fingerprint density at radius 3 is 2.54 bits per heavy atom. The minimum atomic E-state index is -2.66. The maximum atomic E-state index is 13.4. The number of alkyl halides is 2. The highest BCUT2D eigenvalue weighted by atomic mass is 32.1. The normalized spacial score (nSPS) is 18.6. The maximum Gasteiger partial charge on any atom is 0.272 e. The smallest absolute Gasteiger partial charge is 0.272 e. The number of nitriles is 1. The topological polar surface area (TPSA) is 114 Å². The number of imidazole rings is 1. The van der Waals surface area contributed by atoms with E-state index in [1.165, 1.54) is 12.1 Å². The van der Waals surface area contributed by atoms with Crippen molar-refractivity contribution in [1.82, 2.24) is 19.4 Å². The van der Waals surface area contributed by atoms with Crippen molar-refractivity contribution in [1.29, 1.82) is 5.26 Å². The first-order valence-electron chi connectivity index (χ1n) is 15.9. The molecule has 2 N–H and O–H groups in total. The molecular formula is C34H42F2N6O3S. The van der Waals surface area contributed by atoms with Crippen LogP contribution in [0.5, 0.6) is 0 Å². The van der Waals surface area contributed by atoms with E-state index in [-0.39, 0.29) is 45.1 Å². The summed E-state index contributed by atoms with van der Waals surface area (Å²) in [6.45, 7) is 10.9. The van der Waals surface area contributed by atoms with E-state index in [9.17, 15) is 28.7 Å². The number of likely N-dealkylation sites (tertiary alicyclic amines) is 2. The van der Waals surface area contributed by atoms with Crippen LogP contribution < -0.4 is 5.32 Å². The molecule has 12 heteroatoms. The van der Waals surface area contributed by atoms with Crippen molar-refractivity contribution in [3.05, 3.63) is 57.3 Å². The number of anilines is 1. The van der Waals surface area contributed by atoms with Crippen molar-refractivity contribution in [3.8, 4) is 6.07 Å². The van der Waals surface area contributed by atoms with Gasteiger partial charge in [0.15, 0.2) is 0 Å². The Morgan fingerprint density at radius 2 is 1.91 bits per heavy atom. The Bertz CT molecular complexity index is 1640. The van der Waals surface area contributed by atoms with Gasteiger partial charge in [-0.3, -0.25) is 19.8 Å². The second-order valence-electron chi connectivity index (χ2n) is 13.3. The van der Waals surface area contributed by atoms with Crippen LogP contribution in [0.4, 0.5) is 14.7 Å². The average molecular weight is 653 g/mol. The van der Waals surface area contributed by atoms with Gasteiger partial charge in [0.2, 0.25) is 5.95 Å². The van der Waals surface area contributed by atoms with Gasteiger partial charge in [-0.25, -0.2) is 13.8 Å². The molecule has 1 atom stereocenters.